The molecule has 156 valence electrons. The largest absolute Gasteiger partial charge is 0.445 e. The average Bonchev–Trinajstić information content (AvgIpc) is 2.85. The molecule has 1 unspecified atom stereocenters. The van der Waals surface area contributed by atoms with E-state index < -0.39 is 6.10 Å². The first-order valence-electron chi connectivity index (χ1n) is 10.9. The van der Waals surface area contributed by atoms with E-state index in [0.717, 1.165) is 30.6 Å². The van der Waals surface area contributed by atoms with Crippen LogP contribution in [0.15, 0.2) is 99.6 Å². The standard InChI is InChI=1S/C28H27O2S/c1-2-27(22-12-6-3-7-13-22)30-28(29)23-18-20-26(21-19-23)31(24-14-8-4-9-15-24)25-16-10-5-11-17-25/h1,4-5,8-11,14-22,27H,3,6-7,12-13H2/q+1. The van der Waals surface area contributed by atoms with Crippen LogP contribution in [0.1, 0.15) is 42.5 Å². The summed E-state index contributed by atoms with van der Waals surface area (Å²) in [6.45, 7) is 0. The van der Waals surface area contributed by atoms with Gasteiger partial charge in [0.2, 0.25) is 0 Å². The van der Waals surface area contributed by atoms with Crippen molar-refractivity contribution >= 4 is 16.9 Å². The number of carbonyl (C=O) groups is 1. The number of carbonyl (C=O) groups excluding carboxylic acids is 1. The summed E-state index contributed by atoms with van der Waals surface area (Å²) in [5, 5.41) is 0. The summed E-state index contributed by atoms with van der Waals surface area (Å²) in [6.07, 6.45) is 10.9. The highest BCUT2D eigenvalue weighted by Crippen LogP contribution is 2.32. The van der Waals surface area contributed by atoms with Crippen LogP contribution in [-0.2, 0) is 15.6 Å². The molecule has 0 amide bonds. The maximum atomic E-state index is 12.8. The van der Waals surface area contributed by atoms with E-state index in [1.54, 1.807) is 0 Å². The summed E-state index contributed by atoms with van der Waals surface area (Å²) in [7, 11) is -0.237. The molecule has 0 heterocycles. The lowest BCUT2D eigenvalue weighted by Gasteiger charge is -2.26. The van der Waals surface area contributed by atoms with Crippen LogP contribution in [-0.4, -0.2) is 12.1 Å². The molecule has 1 atom stereocenters. The highest BCUT2D eigenvalue weighted by Gasteiger charge is 2.29. The molecule has 1 saturated carbocycles. The first-order valence-corrected chi connectivity index (χ1v) is 12.1. The van der Waals surface area contributed by atoms with Crippen molar-refractivity contribution in [2.75, 3.05) is 0 Å². The zero-order valence-corrected chi connectivity index (χ0v) is 18.4. The van der Waals surface area contributed by atoms with Crippen LogP contribution < -0.4 is 0 Å². The number of hydrogen-bond acceptors (Lipinski definition) is 2. The lowest BCUT2D eigenvalue weighted by Crippen LogP contribution is -2.27. The van der Waals surface area contributed by atoms with Crippen LogP contribution in [0.5, 0.6) is 0 Å². The van der Waals surface area contributed by atoms with Crippen LogP contribution in [0, 0.1) is 18.3 Å². The molecule has 1 aliphatic rings. The van der Waals surface area contributed by atoms with E-state index in [1.807, 2.05) is 36.4 Å². The van der Waals surface area contributed by atoms with Gasteiger partial charge in [-0.3, -0.25) is 0 Å². The van der Waals surface area contributed by atoms with Crippen LogP contribution in [0.2, 0.25) is 0 Å². The van der Waals surface area contributed by atoms with E-state index in [9.17, 15) is 4.79 Å². The molecule has 1 fully saturated rings. The minimum absolute atomic E-state index is 0.237. The van der Waals surface area contributed by atoms with E-state index in [1.165, 1.54) is 16.2 Å². The van der Waals surface area contributed by atoms with Crippen LogP contribution in [0.25, 0.3) is 0 Å². The zero-order valence-electron chi connectivity index (χ0n) is 17.6. The summed E-state index contributed by atoms with van der Waals surface area (Å²) < 4.78 is 5.72. The molecule has 31 heavy (non-hydrogen) atoms. The van der Waals surface area contributed by atoms with Crippen molar-refractivity contribution in [1.29, 1.82) is 0 Å². The first kappa shape index (κ1) is 21.3. The Bertz CT molecular complexity index is 977. The van der Waals surface area contributed by atoms with E-state index in [2.05, 4.69) is 54.5 Å². The third-order valence-electron chi connectivity index (χ3n) is 5.76. The summed E-state index contributed by atoms with van der Waals surface area (Å²) in [5.41, 5.74) is 0.546. The topological polar surface area (TPSA) is 26.3 Å². The summed E-state index contributed by atoms with van der Waals surface area (Å²) in [6, 6.07) is 28.7. The number of esters is 1. The molecule has 0 bridgehead atoms. The number of ether oxygens (including phenoxy) is 1. The van der Waals surface area contributed by atoms with Crippen molar-refractivity contribution in [3.8, 4) is 12.3 Å². The van der Waals surface area contributed by atoms with Gasteiger partial charge < -0.3 is 4.74 Å². The van der Waals surface area contributed by atoms with E-state index in [-0.39, 0.29) is 22.8 Å². The van der Waals surface area contributed by atoms with Crippen LogP contribution in [0.3, 0.4) is 0 Å². The van der Waals surface area contributed by atoms with Crippen molar-refractivity contribution in [2.45, 2.75) is 52.9 Å². The molecule has 0 aliphatic heterocycles. The Labute approximate surface area is 188 Å². The van der Waals surface area contributed by atoms with Crippen LogP contribution in [0.4, 0.5) is 0 Å². The Kier molecular flexibility index (Phi) is 7.12. The fourth-order valence-corrected chi connectivity index (χ4v) is 6.22. The predicted molar refractivity (Wildman–Crippen MR) is 126 cm³/mol. The highest BCUT2D eigenvalue weighted by molar-refractivity contribution is 7.97. The van der Waals surface area contributed by atoms with Gasteiger partial charge in [-0.05, 0) is 61.4 Å². The molecule has 3 aromatic rings. The summed E-state index contributed by atoms with van der Waals surface area (Å²) >= 11 is 0. The number of benzene rings is 3. The number of rotatable bonds is 6. The molecule has 3 heteroatoms. The van der Waals surface area contributed by atoms with E-state index >= 15 is 0 Å². The van der Waals surface area contributed by atoms with Crippen LogP contribution >= 0.6 is 0 Å². The number of hydrogen-bond donors (Lipinski definition) is 0. The van der Waals surface area contributed by atoms with Gasteiger partial charge in [0.15, 0.2) is 20.8 Å². The maximum absolute atomic E-state index is 12.8. The lowest BCUT2D eigenvalue weighted by molar-refractivity contribution is 0.0252. The third kappa shape index (κ3) is 5.21. The molecule has 0 spiro atoms. The summed E-state index contributed by atoms with van der Waals surface area (Å²) in [5.74, 6) is 2.65. The molecule has 0 aromatic heterocycles. The second-order valence-electron chi connectivity index (χ2n) is 7.85. The van der Waals surface area contributed by atoms with Gasteiger partial charge in [-0.2, -0.15) is 0 Å². The van der Waals surface area contributed by atoms with Crippen molar-refractivity contribution in [3.05, 3.63) is 90.5 Å². The smallest absolute Gasteiger partial charge is 0.339 e. The Morgan fingerprint density at radius 3 is 1.84 bits per heavy atom. The molecule has 0 radical (unpaired) electrons. The van der Waals surface area contributed by atoms with Gasteiger partial charge in [-0.15, -0.1) is 6.42 Å². The average molecular weight is 428 g/mol. The SMILES string of the molecule is C#CC(OC(=O)c1ccc([S+](c2ccccc2)c2ccccc2)cc1)C1CCCCC1. The molecule has 4 rings (SSSR count). The van der Waals surface area contributed by atoms with Gasteiger partial charge >= 0.3 is 5.97 Å². The second kappa shape index (κ2) is 10.4. The molecular formula is C28H27O2S+. The monoisotopic (exact) mass is 427 g/mol. The Hall–Kier alpha value is -2.96. The molecule has 3 aromatic carbocycles. The van der Waals surface area contributed by atoms with Gasteiger partial charge in [-0.25, -0.2) is 4.79 Å². The maximum Gasteiger partial charge on any atom is 0.339 e. The molecular weight excluding hydrogens is 400 g/mol. The third-order valence-corrected chi connectivity index (χ3v) is 7.99. The molecule has 0 saturated heterocycles. The van der Waals surface area contributed by atoms with Crippen molar-refractivity contribution < 1.29 is 9.53 Å². The fraction of sp³-hybridized carbons (Fsp3) is 0.250. The fourth-order valence-electron chi connectivity index (χ4n) is 4.14. The zero-order chi connectivity index (χ0) is 21.5. The minimum Gasteiger partial charge on any atom is -0.445 e. The Morgan fingerprint density at radius 1 is 0.806 bits per heavy atom. The van der Waals surface area contributed by atoms with Crippen molar-refractivity contribution in [3.63, 3.8) is 0 Å². The van der Waals surface area contributed by atoms with Gasteiger partial charge in [0.1, 0.15) is 0 Å². The lowest BCUT2D eigenvalue weighted by atomic mass is 9.85. The van der Waals surface area contributed by atoms with Crippen molar-refractivity contribution in [1.82, 2.24) is 0 Å². The van der Waals surface area contributed by atoms with Gasteiger partial charge in [0, 0.05) is 5.92 Å². The van der Waals surface area contributed by atoms with Gasteiger partial charge in [0.05, 0.1) is 16.5 Å². The minimum atomic E-state index is -0.435. The normalized spacial score (nSPS) is 15.2. The quantitative estimate of drug-likeness (QED) is 0.254. The number of terminal acetylenes is 1. The Balaban J connectivity index is 1.54. The van der Waals surface area contributed by atoms with Gasteiger partial charge in [-0.1, -0.05) is 61.6 Å². The van der Waals surface area contributed by atoms with E-state index in [4.69, 9.17) is 11.2 Å². The van der Waals surface area contributed by atoms with Crippen molar-refractivity contribution in [2.24, 2.45) is 5.92 Å². The summed E-state index contributed by atoms with van der Waals surface area (Å²) in [4.78, 5) is 16.4. The van der Waals surface area contributed by atoms with Gasteiger partial charge in [0.25, 0.3) is 0 Å². The molecule has 2 nitrogen and oxygen atoms in total. The van der Waals surface area contributed by atoms with E-state index in [0.29, 0.717) is 5.56 Å². The second-order valence-corrected chi connectivity index (χ2v) is 9.87. The molecule has 0 N–H and O–H groups in total. The Morgan fingerprint density at radius 2 is 1.32 bits per heavy atom. The first-order chi connectivity index (χ1) is 15.3. The predicted octanol–water partition coefficient (Wildman–Crippen LogP) is 6.52. The highest BCUT2D eigenvalue weighted by atomic mass is 32.2. The molecule has 1 aliphatic carbocycles.